The summed E-state index contributed by atoms with van der Waals surface area (Å²) in [5, 5.41) is 4.98. The second-order valence-electron chi connectivity index (χ2n) is 5.65. The molecule has 0 heterocycles. The monoisotopic (exact) mass is 441 g/mol. The molecule has 0 saturated carbocycles. The van der Waals surface area contributed by atoms with Crippen molar-refractivity contribution in [2.24, 2.45) is 10.6 Å². The van der Waals surface area contributed by atoms with E-state index in [9.17, 15) is 16.8 Å². The average Bonchev–Trinajstić information content (AvgIpc) is 2.11. The summed E-state index contributed by atoms with van der Waals surface area (Å²) >= 11 is 2.27. The Bertz CT molecular complexity index is 503. The number of halogens is 1. The van der Waals surface area contributed by atoms with E-state index in [1.54, 1.807) is 0 Å². The normalized spacial score (nSPS) is 15.6. The Morgan fingerprint density at radius 3 is 2.05 bits per heavy atom. The van der Waals surface area contributed by atoms with Gasteiger partial charge in [0, 0.05) is 11.0 Å². The largest absolute Gasteiger partial charge is 0.278 e. The van der Waals surface area contributed by atoms with Crippen molar-refractivity contribution in [3.05, 3.63) is 0 Å². The minimum Gasteiger partial charge on any atom is -0.278 e. The first-order valence-corrected chi connectivity index (χ1v) is 10.7. The van der Waals surface area contributed by atoms with E-state index >= 15 is 0 Å². The lowest BCUT2D eigenvalue weighted by atomic mass is 9.87. The van der Waals surface area contributed by atoms with E-state index in [4.69, 9.17) is 5.14 Å². The molecule has 10 heteroatoms. The van der Waals surface area contributed by atoms with E-state index in [1.807, 2.05) is 13.8 Å². The fraction of sp³-hybridized carbons (Fsp3) is 1.00. The van der Waals surface area contributed by atoms with Gasteiger partial charge in [-0.05, 0) is 32.4 Å². The van der Waals surface area contributed by atoms with Gasteiger partial charge in [0.1, 0.15) is 0 Å². The quantitative estimate of drug-likeness (QED) is 0.395. The third-order valence-corrected chi connectivity index (χ3v) is 7.49. The maximum absolute atomic E-state index is 12.0. The number of alkyl halides is 1. The molecule has 7 nitrogen and oxygen atoms in total. The predicted molar refractivity (Wildman–Crippen MR) is 89.4 cm³/mol. The SMILES string of the molecule is CN(C)C(S(N)(=O)=O)S(=O)(=O)NCCC(C)(C)CCI. The molecule has 0 aliphatic carbocycles. The molecule has 0 amide bonds. The minimum absolute atomic E-state index is 0.00108. The van der Waals surface area contributed by atoms with Crippen LogP contribution in [0, 0.1) is 5.41 Å². The van der Waals surface area contributed by atoms with Crippen LogP contribution < -0.4 is 9.86 Å². The Morgan fingerprint density at radius 1 is 1.20 bits per heavy atom. The number of nitrogens with two attached hydrogens (primary N) is 1. The molecule has 122 valence electrons. The molecule has 20 heavy (non-hydrogen) atoms. The molecule has 0 aromatic rings. The van der Waals surface area contributed by atoms with Crippen molar-refractivity contribution in [3.63, 3.8) is 0 Å². The van der Waals surface area contributed by atoms with Crippen LogP contribution in [0.5, 0.6) is 0 Å². The summed E-state index contributed by atoms with van der Waals surface area (Å²) in [4.78, 5) is 1.06. The van der Waals surface area contributed by atoms with Crippen LogP contribution in [0.2, 0.25) is 0 Å². The lowest BCUT2D eigenvalue weighted by Gasteiger charge is -2.25. The summed E-state index contributed by atoms with van der Waals surface area (Å²) in [7, 11) is -5.57. The first-order chi connectivity index (χ1) is 8.83. The van der Waals surface area contributed by atoms with Crippen molar-refractivity contribution in [1.82, 2.24) is 9.62 Å². The van der Waals surface area contributed by atoms with Crippen LogP contribution in [-0.2, 0) is 20.0 Å². The first-order valence-electron chi connectivity index (χ1n) is 6.06. The lowest BCUT2D eigenvalue weighted by molar-refractivity contribution is 0.327. The van der Waals surface area contributed by atoms with Gasteiger partial charge in [0.2, 0.25) is 24.8 Å². The van der Waals surface area contributed by atoms with E-state index in [2.05, 4.69) is 27.3 Å². The van der Waals surface area contributed by atoms with Gasteiger partial charge in [-0.3, -0.25) is 4.90 Å². The van der Waals surface area contributed by atoms with Crippen molar-refractivity contribution in [1.29, 1.82) is 0 Å². The van der Waals surface area contributed by atoms with Gasteiger partial charge in [-0.25, -0.2) is 26.7 Å². The molecule has 0 rings (SSSR count). The standard InChI is InChI=1S/C10H24IN3O4S2/c1-10(2,5-7-11)6-8-13-20(17,18)9(14(3)4)19(12,15)16/h9,13H,5-8H2,1-4H3,(H2,12,15,16). The molecule has 0 aromatic carbocycles. The highest BCUT2D eigenvalue weighted by atomic mass is 127. The Morgan fingerprint density at radius 2 is 1.70 bits per heavy atom. The molecule has 0 saturated heterocycles. The zero-order valence-corrected chi connectivity index (χ0v) is 16.0. The van der Waals surface area contributed by atoms with Crippen LogP contribution in [0.15, 0.2) is 0 Å². The Hall–Kier alpha value is 0.510. The zero-order chi connectivity index (χ0) is 16.2. The molecule has 0 aliphatic heterocycles. The van der Waals surface area contributed by atoms with Gasteiger partial charge in [0.25, 0.3) is 0 Å². The van der Waals surface area contributed by atoms with Crippen molar-refractivity contribution in [2.45, 2.75) is 31.4 Å². The van der Waals surface area contributed by atoms with Gasteiger partial charge < -0.3 is 0 Å². The van der Waals surface area contributed by atoms with E-state index in [0.717, 1.165) is 15.7 Å². The molecule has 0 bridgehead atoms. The smallest absolute Gasteiger partial charge is 0.244 e. The lowest BCUT2D eigenvalue weighted by Crippen LogP contribution is -2.50. The van der Waals surface area contributed by atoms with E-state index in [0.29, 0.717) is 6.42 Å². The second kappa shape index (κ2) is 7.68. The third-order valence-electron chi connectivity index (χ3n) is 2.84. The van der Waals surface area contributed by atoms with Crippen LogP contribution >= 0.6 is 22.6 Å². The molecule has 0 aromatic heterocycles. The van der Waals surface area contributed by atoms with Gasteiger partial charge in [0.05, 0.1) is 0 Å². The van der Waals surface area contributed by atoms with Gasteiger partial charge in [-0.2, -0.15) is 0 Å². The maximum atomic E-state index is 12.0. The summed E-state index contributed by atoms with van der Waals surface area (Å²) in [5.74, 6) is 0. The fourth-order valence-electron chi connectivity index (χ4n) is 1.73. The Kier molecular flexibility index (Phi) is 7.87. The number of sulfonamides is 2. The van der Waals surface area contributed by atoms with Crippen molar-refractivity contribution < 1.29 is 16.8 Å². The Balaban J connectivity index is 4.84. The van der Waals surface area contributed by atoms with E-state index in [1.165, 1.54) is 14.1 Å². The zero-order valence-electron chi connectivity index (χ0n) is 12.3. The highest BCUT2D eigenvalue weighted by Gasteiger charge is 2.37. The summed E-state index contributed by atoms with van der Waals surface area (Å²) in [6.07, 6.45) is 1.58. The topological polar surface area (TPSA) is 110 Å². The van der Waals surface area contributed by atoms with Crippen LogP contribution in [0.4, 0.5) is 0 Å². The number of primary sulfonamides is 1. The number of rotatable bonds is 9. The summed E-state index contributed by atoms with van der Waals surface area (Å²) in [6.45, 7) is 4.28. The molecule has 0 fully saturated rings. The van der Waals surface area contributed by atoms with Gasteiger partial charge in [-0.15, -0.1) is 0 Å². The van der Waals surface area contributed by atoms with Gasteiger partial charge in [0.15, 0.2) is 0 Å². The molecular formula is C10H24IN3O4S2. The van der Waals surface area contributed by atoms with Crippen LogP contribution in [0.3, 0.4) is 0 Å². The molecule has 1 atom stereocenters. The summed E-state index contributed by atoms with van der Waals surface area (Å²) in [5.41, 5.74) is -0.00108. The molecular weight excluding hydrogens is 417 g/mol. The molecule has 0 radical (unpaired) electrons. The van der Waals surface area contributed by atoms with Crippen LogP contribution in [0.1, 0.15) is 26.7 Å². The number of hydrogen-bond acceptors (Lipinski definition) is 5. The number of nitrogens with one attached hydrogen (secondary N) is 1. The minimum atomic E-state index is -4.22. The van der Waals surface area contributed by atoms with E-state index < -0.39 is 24.8 Å². The maximum Gasteiger partial charge on any atom is 0.244 e. The predicted octanol–water partition coefficient (Wildman–Crippen LogP) is 0.281. The Labute approximate surface area is 135 Å². The molecule has 0 aliphatic rings. The second-order valence-corrected chi connectivity index (χ2v) is 10.5. The molecule has 3 N–H and O–H groups in total. The van der Waals surface area contributed by atoms with Gasteiger partial charge >= 0.3 is 0 Å². The highest BCUT2D eigenvalue weighted by Crippen LogP contribution is 2.25. The average molecular weight is 441 g/mol. The van der Waals surface area contributed by atoms with Crippen LogP contribution in [0.25, 0.3) is 0 Å². The van der Waals surface area contributed by atoms with Crippen molar-refractivity contribution >= 4 is 42.6 Å². The summed E-state index contributed by atoms with van der Waals surface area (Å²) < 4.78 is 48.4. The van der Waals surface area contributed by atoms with Crippen molar-refractivity contribution in [2.75, 3.05) is 25.1 Å². The van der Waals surface area contributed by atoms with Gasteiger partial charge in [-0.1, -0.05) is 36.4 Å². The van der Waals surface area contributed by atoms with Crippen LogP contribution in [-0.4, -0.2) is 51.5 Å². The van der Waals surface area contributed by atoms with Crippen molar-refractivity contribution in [3.8, 4) is 0 Å². The first kappa shape index (κ1) is 20.5. The third kappa shape index (κ3) is 6.98. The number of nitrogens with zero attached hydrogens (tertiary/aromatic N) is 1. The highest BCUT2D eigenvalue weighted by molar-refractivity contribution is 14.1. The molecule has 0 spiro atoms. The fourth-order valence-corrected chi connectivity index (χ4v) is 6.48. The number of hydrogen-bond donors (Lipinski definition) is 2. The molecule has 1 unspecified atom stereocenters. The summed E-state index contributed by atoms with van der Waals surface area (Å²) in [6, 6.07) is 0. The van der Waals surface area contributed by atoms with E-state index in [-0.39, 0.29) is 12.0 Å².